The zero-order chi connectivity index (χ0) is 19.6. The monoisotopic (exact) mass is 365 g/mol. The van der Waals surface area contributed by atoms with Gasteiger partial charge < -0.3 is 19.5 Å². The van der Waals surface area contributed by atoms with E-state index in [0.29, 0.717) is 24.5 Å². The van der Waals surface area contributed by atoms with Crippen LogP contribution < -0.4 is 10.1 Å². The Morgan fingerprint density at radius 3 is 2.42 bits per heavy atom. The molecule has 1 aromatic rings. The molecule has 0 aliphatic heterocycles. The summed E-state index contributed by atoms with van der Waals surface area (Å²) >= 11 is 0. The molecule has 1 amide bonds. The molecule has 1 atom stereocenters. The first-order valence-electron chi connectivity index (χ1n) is 9.22. The van der Waals surface area contributed by atoms with E-state index in [-0.39, 0.29) is 18.1 Å². The molecule has 0 saturated carbocycles. The second-order valence-electron chi connectivity index (χ2n) is 6.21. The van der Waals surface area contributed by atoms with Gasteiger partial charge in [0.2, 0.25) is 0 Å². The zero-order valence-electron chi connectivity index (χ0n) is 16.5. The summed E-state index contributed by atoms with van der Waals surface area (Å²) in [5, 5.41) is 2.86. The number of nitrogens with one attached hydrogen (secondary N) is 1. The highest BCUT2D eigenvalue weighted by atomic mass is 16.5. The van der Waals surface area contributed by atoms with Gasteiger partial charge in [-0.15, -0.1) is 0 Å². The van der Waals surface area contributed by atoms with Gasteiger partial charge in [-0.25, -0.2) is 4.79 Å². The summed E-state index contributed by atoms with van der Waals surface area (Å²) in [4.78, 5) is 24.9. The van der Waals surface area contributed by atoms with Crippen LogP contribution in [0.4, 0.5) is 5.69 Å². The number of anilines is 1. The van der Waals surface area contributed by atoms with Crippen LogP contribution >= 0.6 is 0 Å². The minimum Gasteiger partial charge on any atom is -0.496 e. The van der Waals surface area contributed by atoms with Crippen molar-refractivity contribution < 1.29 is 23.8 Å². The predicted octanol–water partition coefficient (Wildman–Crippen LogP) is 4.19. The average Bonchev–Trinajstić information content (AvgIpc) is 2.62. The minimum absolute atomic E-state index is 0.226. The summed E-state index contributed by atoms with van der Waals surface area (Å²) in [5.74, 6) is -0.316. The molecule has 1 aromatic carbocycles. The van der Waals surface area contributed by atoms with Crippen molar-refractivity contribution in [3.05, 3.63) is 23.8 Å². The molecule has 146 valence electrons. The van der Waals surface area contributed by atoms with E-state index in [9.17, 15) is 9.59 Å². The number of esters is 1. The third-order valence-corrected chi connectivity index (χ3v) is 4.15. The fourth-order valence-electron chi connectivity index (χ4n) is 2.70. The van der Waals surface area contributed by atoms with E-state index in [1.807, 2.05) is 6.92 Å². The van der Waals surface area contributed by atoms with E-state index in [4.69, 9.17) is 14.2 Å². The Morgan fingerprint density at radius 1 is 1.12 bits per heavy atom. The summed E-state index contributed by atoms with van der Waals surface area (Å²) in [5.41, 5.74) is -0.134. The molecule has 0 aliphatic carbocycles. The maximum absolute atomic E-state index is 12.8. The number of hydrogen-bond acceptors (Lipinski definition) is 5. The maximum Gasteiger partial charge on any atom is 0.341 e. The Balaban J connectivity index is 2.98. The average molecular weight is 365 g/mol. The van der Waals surface area contributed by atoms with Crippen LogP contribution in [0.25, 0.3) is 0 Å². The molecule has 0 aromatic heterocycles. The third kappa shape index (κ3) is 6.02. The first-order chi connectivity index (χ1) is 12.4. The smallest absolute Gasteiger partial charge is 0.341 e. The van der Waals surface area contributed by atoms with Crippen molar-refractivity contribution in [2.24, 2.45) is 0 Å². The van der Waals surface area contributed by atoms with E-state index in [2.05, 4.69) is 12.2 Å². The lowest BCUT2D eigenvalue weighted by molar-refractivity contribution is -0.139. The van der Waals surface area contributed by atoms with Crippen LogP contribution in [0.3, 0.4) is 0 Å². The van der Waals surface area contributed by atoms with Gasteiger partial charge in [0.05, 0.1) is 13.7 Å². The van der Waals surface area contributed by atoms with Gasteiger partial charge in [0.25, 0.3) is 5.91 Å². The van der Waals surface area contributed by atoms with Gasteiger partial charge in [-0.05, 0) is 45.4 Å². The molecule has 6 nitrogen and oxygen atoms in total. The van der Waals surface area contributed by atoms with E-state index in [1.54, 1.807) is 32.0 Å². The Morgan fingerprint density at radius 2 is 1.85 bits per heavy atom. The van der Waals surface area contributed by atoms with Gasteiger partial charge in [0, 0.05) is 12.3 Å². The number of unbranched alkanes of at least 4 members (excludes halogenated alkanes) is 2. The van der Waals surface area contributed by atoms with Crippen LogP contribution in [0.2, 0.25) is 0 Å². The van der Waals surface area contributed by atoms with Crippen LogP contribution in [0.1, 0.15) is 63.7 Å². The maximum atomic E-state index is 12.8. The van der Waals surface area contributed by atoms with Crippen LogP contribution in [0.5, 0.6) is 5.75 Å². The van der Waals surface area contributed by atoms with Crippen LogP contribution in [-0.4, -0.2) is 37.8 Å². The number of ether oxygens (including phenoxy) is 3. The Labute approximate surface area is 156 Å². The molecule has 0 radical (unpaired) electrons. The largest absolute Gasteiger partial charge is 0.496 e. The predicted molar refractivity (Wildman–Crippen MR) is 102 cm³/mol. The summed E-state index contributed by atoms with van der Waals surface area (Å²) in [6, 6.07) is 4.89. The number of rotatable bonds is 11. The number of hydrogen-bond donors (Lipinski definition) is 1. The highest BCUT2D eigenvalue weighted by Crippen LogP contribution is 2.26. The molecule has 6 heteroatoms. The first-order valence-corrected chi connectivity index (χ1v) is 9.22. The van der Waals surface area contributed by atoms with Gasteiger partial charge >= 0.3 is 5.97 Å². The lowest BCUT2D eigenvalue weighted by Crippen LogP contribution is -2.42. The Kier molecular flexibility index (Phi) is 9.13. The molecule has 0 spiro atoms. The van der Waals surface area contributed by atoms with Gasteiger partial charge in [-0.3, -0.25) is 4.79 Å². The molecular formula is C20H31NO5. The lowest BCUT2D eigenvalue weighted by atomic mass is 9.96. The highest BCUT2D eigenvalue weighted by molar-refractivity contribution is 5.99. The highest BCUT2D eigenvalue weighted by Gasteiger charge is 2.33. The second-order valence-corrected chi connectivity index (χ2v) is 6.21. The van der Waals surface area contributed by atoms with Crippen molar-refractivity contribution in [2.75, 3.05) is 25.6 Å². The summed E-state index contributed by atoms with van der Waals surface area (Å²) < 4.78 is 16.0. The lowest BCUT2D eigenvalue weighted by Gasteiger charge is -2.28. The number of methoxy groups -OCH3 is 1. The normalized spacial score (nSPS) is 13.0. The van der Waals surface area contributed by atoms with Gasteiger partial charge in [0.1, 0.15) is 16.9 Å². The van der Waals surface area contributed by atoms with Crippen molar-refractivity contribution in [1.82, 2.24) is 0 Å². The molecule has 0 fully saturated rings. The van der Waals surface area contributed by atoms with Crippen molar-refractivity contribution in [3.63, 3.8) is 0 Å². The van der Waals surface area contributed by atoms with E-state index >= 15 is 0 Å². The molecule has 1 N–H and O–H groups in total. The fraction of sp³-hybridized carbons (Fsp3) is 0.600. The molecule has 0 aliphatic rings. The van der Waals surface area contributed by atoms with E-state index in [1.165, 1.54) is 7.11 Å². The SMILES string of the molecule is CCCCC[C@](C)(OCC)C(=O)Nc1ccc(OC)c(C(=O)OCC)c1. The van der Waals surface area contributed by atoms with Crippen molar-refractivity contribution in [1.29, 1.82) is 0 Å². The summed E-state index contributed by atoms with van der Waals surface area (Å²) in [6.07, 6.45) is 3.68. The Hall–Kier alpha value is -2.08. The van der Waals surface area contributed by atoms with Crippen LogP contribution in [0.15, 0.2) is 18.2 Å². The number of benzene rings is 1. The van der Waals surface area contributed by atoms with Crippen molar-refractivity contribution in [2.45, 2.75) is 59.0 Å². The quantitative estimate of drug-likeness (QED) is 0.470. The minimum atomic E-state index is -0.909. The molecule has 0 unspecified atom stereocenters. The van der Waals surface area contributed by atoms with Crippen molar-refractivity contribution in [3.8, 4) is 5.75 Å². The number of amides is 1. The van der Waals surface area contributed by atoms with E-state index in [0.717, 1.165) is 19.3 Å². The molecule has 0 bridgehead atoms. The topological polar surface area (TPSA) is 73.9 Å². The zero-order valence-corrected chi connectivity index (χ0v) is 16.5. The molecule has 1 rings (SSSR count). The second kappa shape index (κ2) is 10.8. The van der Waals surface area contributed by atoms with Crippen LogP contribution in [0, 0.1) is 0 Å². The van der Waals surface area contributed by atoms with Crippen LogP contribution in [-0.2, 0) is 14.3 Å². The number of carbonyl (C=O) groups excluding carboxylic acids is 2. The molecule has 0 heterocycles. The Bertz CT molecular complexity index is 602. The van der Waals surface area contributed by atoms with Gasteiger partial charge in [0.15, 0.2) is 0 Å². The fourth-order valence-corrected chi connectivity index (χ4v) is 2.70. The standard InChI is InChI=1S/C20H31NO5/c1-6-9-10-13-20(4,26-8-3)19(23)21-15-11-12-17(24-5)16(14-15)18(22)25-7-2/h11-12,14H,6-10,13H2,1-5H3,(H,21,23)/t20-/m0/s1. The van der Waals surface area contributed by atoms with E-state index < -0.39 is 11.6 Å². The summed E-state index contributed by atoms with van der Waals surface area (Å²) in [6.45, 7) is 8.24. The first kappa shape index (κ1) is 22.0. The van der Waals surface area contributed by atoms with Crippen molar-refractivity contribution >= 4 is 17.6 Å². The number of carbonyl (C=O) groups is 2. The van der Waals surface area contributed by atoms with Gasteiger partial charge in [-0.2, -0.15) is 0 Å². The molecular weight excluding hydrogens is 334 g/mol. The molecule has 0 saturated heterocycles. The summed E-state index contributed by atoms with van der Waals surface area (Å²) in [7, 11) is 1.48. The molecule has 26 heavy (non-hydrogen) atoms. The third-order valence-electron chi connectivity index (χ3n) is 4.15. The van der Waals surface area contributed by atoms with Gasteiger partial charge in [-0.1, -0.05) is 26.2 Å².